The third kappa shape index (κ3) is 1.97. The van der Waals surface area contributed by atoms with Crippen LogP contribution in [0.1, 0.15) is 0 Å². The second-order valence-electron chi connectivity index (χ2n) is 1.12. The van der Waals surface area contributed by atoms with Crippen molar-refractivity contribution in [3.63, 3.8) is 0 Å². The SMILES string of the molecule is CB/C(=C/N)N=N. The lowest BCUT2D eigenvalue weighted by molar-refractivity contribution is 1.11. The molecule has 0 aromatic carbocycles. The summed E-state index contributed by atoms with van der Waals surface area (Å²) in [4.78, 5) is 0. The van der Waals surface area contributed by atoms with E-state index in [-0.39, 0.29) is 0 Å². The fraction of sp³-hybridized carbons (Fsp3) is 0.333. The standard InChI is InChI=1S/C3H8BN3/c1-4-3(2-5)7-6/h2,4,6H,5H2,1H3/b3-2-,7-6?. The third-order valence-corrected chi connectivity index (χ3v) is 0.698. The van der Waals surface area contributed by atoms with Crippen LogP contribution in [-0.4, -0.2) is 7.28 Å². The highest BCUT2D eigenvalue weighted by molar-refractivity contribution is 6.43. The molecule has 7 heavy (non-hydrogen) atoms. The van der Waals surface area contributed by atoms with Crippen molar-refractivity contribution in [2.24, 2.45) is 10.8 Å². The molecule has 0 saturated heterocycles. The van der Waals surface area contributed by atoms with Crippen LogP contribution in [-0.2, 0) is 0 Å². The highest BCUT2D eigenvalue weighted by atomic mass is 15.0. The Kier molecular flexibility index (Phi) is 3.01. The quantitative estimate of drug-likeness (QED) is 0.376. The first-order valence-corrected chi connectivity index (χ1v) is 2.13. The molecule has 0 atom stereocenters. The summed E-state index contributed by atoms with van der Waals surface area (Å²) in [6.45, 7) is 1.90. The number of nitrogens with two attached hydrogens (primary N) is 1. The van der Waals surface area contributed by atoms with Crippen molar-refractivity contribution in [1.29, 1.82) is 5.53 Å². The van der Waals surface area contributed by atoms with Crippen molar-refractivity contribution < 1.29 is 0 Å². The summed E-state index contributed by atoms with van der Waals surface area (Å²) in [5, 5.41) is 3.11. The molecule has 0 aliphatic rings. The lowest BCUT2D eigenvalue weighted by Crippen LogP contribution is -1.90. The number of nitrogens with zero attached hydrogens (tertiary/aromatic N) is 1. The fourth-order valence-corrected chi connectivity index (χ4v) is 0.234. The molecule has 4 heteroatoms. The molecule has 3 N–H and O–H groups in total. The van der Waals surface area contributed by atoms with Crippen LogP contribution < -0.4 is 5.73 Å². The predicted molar refractivity (Wildman–Crippen MR) is 30.4 cm³/mol. The lowest BCUT2D eigenvalue weighted by atomic mass is 9.79. The van der Waals surface area contributed by atoms with Crippen molar-refractivity contribution >= 4 is 7.28 Å². The van der Waals surface area contributed by atoms with Gasteiger partial charge in [0.05, 0.1) is 0 Å². The van der Waals surface area contributed by atoms with E-state index >= 15 is 0 Å². The van der Waals surface area contributed by atoms with Crippen LogP contribution in [0.5, 0.6) is 0 Å². The Labute approximate surface area is 43.3 Å². The van der Waals surface area contributed by atoms with E-state index in [0.29, 0.717) is 5.60 Å². The molecular formula is C3H8BN3. The molecular weight excluding hydrogens is 88.9 g/mol. The minimum Gasteiger partial charge on any atom is -0.404 e. The van der Waals surface area contributed by atoms with E-state index < -0.39 is 0 Å². The zero-order valence-corrected chi connectivity index (χ0v) is 4.31. The zero-order chi connectivity index (χ0) is 5.70. The minimum absolute atomic E-state index is 0.625. The Morgan fingerprint density at radius 1 is 2.00 bits per heavy atom. The maximum absolute atomic E-state index is 6.44. The smallest absolute Gasteiger partial charge is 0.183 e. The van der Waals surface area contributed by atoms with Gasteiger partial charge in [-0.1, -0.05) is 6.82 Å². The van der Waals surface area contributed by atoms with Crippen LogP contribution in [0, 0.1) is 5.53 Å². The van der Waals surface area contributed by atoms with Crippen LogP contribution in [0.2, 0.25) is 6.82 Å². The predicted octanol–water partition coefficient (Wildman–Crippen LogP) is 0.260. The molecule has 0 radical (unpaired) electrons. The summed E-state index contributed by atoms with van der Waals surface area (Å²) in [6, 6.07) is 0. The zero-order valence-electron chi connectivity index (χ0n) is 4.31. The fourth-order valence-electron chi connectivity index (χ4n) is 0.234. The van der Waals surface area contributed by atoms with Crippen LogP contribution in [0.25, 0.3) is 0 Å². The molecule has 0 aromatic rings. The van der Waals surface area contributed by atoms with E-state index in [9.17, 15) is 0 Å². The van der Waals surface area contributed by atoms with E-state index in [2.05, 4.69) is 5.11 Å². The van der Waals surface area contributed by atoms with E-state index in [1.807, 2.05) is 6.82 Å². The molecule has 0 fully saturated rings. The van der Waals surface area contributed by atoms with Gasteiger partial charge in [-0.25, -0.2) is 5.53 Å². The maximum atomic E-state index is 6.44. The monoisotopic (exact) mass is 97.1 g/mol. The molecule has 0 unspecified atom stereocenters. The first kappa shape index (κ1) is 6.20. The molecule has 0 aliphatic heterocycles. The maximum Gasteiger partial charge on any atom is 0.183 e. The van der Waals surface area contributed by atoms with Gasteiger partial charge in [0.15, 0.2) is 7.28 Å². The Hall–Kier alpha value is -0.795. The molecule has 0 amide bonds. The van der Waals surface area contributed by atoms with Crippen molar-refractivity contribution in [1.82, 2.24) is 0 Å². The Morgan fingerprint density at radius 2 is 2.57 bits per heavy atom. The molecule has 0 aromatic heterocycles. The minimum atomic E-state index is 0.625. The van der Waals surface area contributed by atoms with Crippen molar-refractivity contribution in [2.45, 2.75) is 6.82 Å². The van der Waals surface area contributed by atoms with Crippen LogP contribution in [0.3, 0.4) is 0 Å². The summed E-state index contributed by atoms with van der Waals surface area (Å²) in [6.07, 6.45) is 1.34. The number of nitrogens with one attached hydrogen (secondary N) is 1. The van der Waals surface area contributed by atoms with E-state index in [4.69, 9.17) is 11.3 Å². The third-order valence-electron chi connectivity index (χ3n) is 0.698. The van der Waals surface area contributed by atoms with Gasteiger partial charge in [0, 0.05) is 11.8 Å². The van der Waals surface area contributed by atoms with Gasteiger partial charge in [0.1, 0.15) is 0 Å². The largest absolute Gasteiger partial charge is 0.404 e. The summed E-state index contributed by atoms with van der Waals surface area (Å²) >= 11 is 0. The van der Waals surface area contributed by atoms with Gasteiger partial charge < -0.3 is 5.73 Å². The van der Waals surface area contributed by atoms with E-state index in [1.165, 1.54) is 6.20 Å². The molecule has 0 aliphatic carbocycles. The van der Waals surface area contributed by atoms with Gasteiger partial charge in [-0.05, 0) is 0 Å². The lowest BCUT2D eigenvalue weighted by Gasteiger charge is -1.83. The van der Waals surface area contributed by atoms with E-state index in [1.54, 1.807) is 0 Å². The summed E-state index contributed by atoms with van der Waals surface area (Å²) < 4.78 is 0. The first-order valence-electron chi connectivity index (χ1n) is 2.13. The van der Waals surface area contributed by atoms with Gasteiger partial charge in [-0.2, -0.15) is 5.11 Å². The van der Waals surface area contributed by atoms with Gasteiger partial charge in [-0.3, -0.25) is 0 Å². The normalized spacial score (nSPS) is 10.7. The van der Waals surface area contributed by atoms with Crippen LogP contribution in [0.15, 0.2) is 16.9 Å². The average molecular weight is 96.9 g/mol. The second kappa shape index (κ2) is 3.40. The second-order valence-corrected chi connectivity index (χ2v) is 1.12. The van der Waals surface area contributed by atoms with Crippen molar-refractivity contribution in [3.8, 4) is 0 Å². The molecule has 0 saturated carbocycles. The first-order chi connectivity index (χ1) is 3.35. The van der Waals surface area contributed by atoms with Crippen molar-refractivity contribution in [3.05, 3.63) is 11.8 Å². The van der Waals surface area contributed by atoms with Gasteiger partial charge >= 0.3 is 0 Å². The topological polar surface area (TPSA) is 62.2 Å². The molecule has 3 nitrogen and oxygen atoms in total. The van der Waals surface area contributed by atoms with E-state index in [0.717, 1.165) is 7.28 Å². The Morgan fingerprint density at radius 3 is 2.57 bits per heavy atom. The summed E-state index contributed by atoms with van der Waals surface area (Å²) in [5.74, 6) is 0. The highest BCUT2D eigenvalue weighted by Gasteiger charge is 1.84. The van der Waals surface area contributed by atoms with Crippen LogP contribution in [0.4, 0.5) is 0 Å². The molecule has 0 bridgehead atoms. The molecule has 38 valence electrons. The number of hydrogen-bond donors (Lipinski definition) is 2. The van der Waals surface area contributed by atoms with Gasteiger partial charge in [-0.15, -0.1) is 0 Å². The van der Waals surface area contributed by atoms with Crippen LogP contribution >= 0.6 is 0 Å². The molecule has 0 spiro atoms. The average Bonchev–Trinajstić information content (AvgIpc) is 1.72. The Bertz CT molecular complexity index is 88.2. The van der Waals surface area contributed by atoms with Gasteiger partial charge in [0.2, 0.25) is 0 Å². The molecule has 0 rings (SSSR count). The van der Waals surface area contributed by atoms with Crippen molar-refractivity contribution in [2.75, 3.05) is 0 Å². The molecule has 0 heterocycles. The summed E-state index contributed by atoms with van der Waals surface area (Å²) in [5.41, 5.74) is 12.1. The van der Waals surface area contributed by atoms with Gasteiger partial charge in [0.25, 0.3) is 0 Å². The Balaban J connectivity index is 3.60. The number of rotatable bonds is 2. The summed E-state index contributed by atoms with van der Waals surface area (Å²) in [7, 11) is 0.736. The highest BCUT2D eigenvalue weighted by Crippen LogP contribution is 1.86. The number of hydrogen-bond acceptors (Lipinski definition) is 3.